The zero-order valence-electron chi connectivity index (χ0n) is 7.99. The van der Waals surface area contributed by atoms with Crippen molar-refractivity contribution < 1.29 is 13.6 Å². The Labute approximate surface area is 85.7 Å². The van der Waals surface area contributed by atoms with Crippen LogP contribution in [0.25, 0.3) is 0 Å². The summed E-state index contributed by atoms with van der Waals surface area (Å²) >= 11 is 0. The fourth-order valence-corrected chi connectivity index (χ4v) is 1.70. The summed E-state index contributed by atoms with van der Waals surface area (Å²) in [7, 11) is 0. The van der Waals surface area contributed by atoms with Gasteiger partial charge in [-0.25, -0.2) is 8.78 Å². The van der Waals surface area contributed by atoms with Crippen LogP contribution in [-0.2, 0) is 0 Å². The second kappa shape index (κ2) is 3.56. The first-order chi connectivity index (χ1) is 7.12. The summed E-state index contributed by atoms with van der Waals surface area (Å²) in [5, 5.41) is 0. The Hall–Kier alpha value is -1.52. The lowest BCUT2D eigenvalue weighted by molar-refractivity contribution is 0.0257. The summed E-state index contributed by atoms with van der Waals surface area (Å²) < 4.78 is 25.9. The number of anilines is 1. The minimum absolute atomic E-state index is 0.166. The van der Waals surface area contributed by atoms with Crippen molar-refractivity contribution in [2.24, 2.45) is 0 Å². The fourth-order valence-electron chi connectivity index (χ4n) is 1.70. The average Bonchev–Trinajstić information content (AvgIpc) is 2.59. The van der Waals surface area contributed by atoms with Crippen LogP contribution in [0.5, 0.6) is 0 Å². The Morgan fingerprint density at radius 1 is 1.53 bits per heavy atom. The molecule has 0 atom stereocenters. The lowest BCUT2D eigenvalue weighted by Crippen LogP contribution is -2.25. The van der Waals surface area contributed by atoms with Gasteiger partial charge in [-0.1, -0.05) is 0 Å². The predicted octanol–water partition coefficient (Wildman–Crippen LogP) is 1.74. The fraction of sp³-hybridized carbons (Fsp3) is 0.400. The van der Waals surface area contributed by atoms with Crippen molar-refractivity contribution in [2.45, 2.75) is 12.3 Å². The first-order valence-electron chi connectivity index (χ1n) is 4.64. The van der Waals surface area contributed by atoms with E-state index < -0.39 is 5.92 Å². The Balaban J connectivity index is 2.27. The number of rotatable bonds is 2. The largest absolute Gasteiger partial charge is 0.363 e. The highest BCUT2D eigenvalue weighted by Gasteiger charge is 2.38. The van der Waals surface area contributed by atoms with Crippen LogP contribution in [0.4, 0.5) is 14.5 Å². The van der Waals surface area contributed by atoms with Crippen LogP contribution in [0.15, 0.2) is 18.5 Å². The molecule has 15 heavy (non-hydrogen) atoms. The number of halogens is 2. The lowest BCUT2D eigenvalue weighted by Gasteiger charge is -2.18. The van der Waals surface area contributed by atoms with Crippen LogP contribution < -0.4 is 4.90 Å². The van der Waals surface area contributed by atoms with Gasteiger partial charge in [0.25, 0.3) is 5.92 Å². The quantitative estimate of drug-likeness (QED) is 0.700. The standard InChI is InChI=1S/C10H10F2N2O/c11-10(12)2-4-14(7-10)9-5-13-3-1-8(9)6-15/h1,3,5-6H,2,4,7H2. The number of aldehydes is 1. The molecule has 0 spiro atoms. The molecule has 0 N–H and O–H groups in total. The molecule has 0 radical (unpaired) electrons. The molecule has 0 aliphatic carbocycles. The van der Waals surface area contributed by atoms with Gasteiger partial charge in [0.2, 0.25) is 0 Å². The molecular formula is C10H10F2N2O. The van der Waals surface area contributed by atoms with Crippen LogP contribution >= 0.6 is 0 Å². The third kappa shape index (κ3) is 1.95. The number of aromatic nitrogens is 1. The molecule has 0 saturated carbocycles. The number of hydrogen-bond donors (Lipinski definition) is 0. The summed E-state index contributed by atoms with van der Waals surface area (Å²) in [6.07, 6.45) is 3.42. The summed E-state index contributed by atoms with van der Waals surface area (Å²) in [4.78, 5) is 16.0. The molecule has 0 aromatic carbocycles. The van der Waals surface area contributed by atoms with Crippen molar-refractivity contribution in [1.82, 2.24) is 4.98 Å². The SMILES string of the molecule is O=Cc1ccncc1N1CCC(F)(F)C1. The maximum atomic E-state index is 13.0. The summed E-state index contributed by atoms with van der Waals surface area (Å²) in [5.41, 5.74) is 0.896. The smallest absolute Gasteiger partial charge is 0.266 e. The van der Waals surface area contributed by atoms with Gasteiger partial charge >= 0.3 is 0 Å². The second-order valence-corrected chi connectivity index (χ2v) is 3.58. The normalized spacial score (nSPS) is 19.2. The molecule has 80 valence electrons. The van der Waals surface area contributed by atoms with E-state index in [4.69, 9.17) is 0 Å². The van der Waals surface area contributed by atoms with E-state index in [0.717, 1.165) is 0 Å². The van der Waals surface area contributed by atoms with E-state index >= 15 is 0 Å². The van der Waals surface area contributed by atoms with Gasteiger partial charge in [-0.05, 0) is 6.07 Å². The number of hydrogen-bond acceptors (Lipinski definition) is 3. The van der Waals surface area contributed by atoms with Gasteiger partial charge in [0.15, 0.2) is 6.29 Å². The highest BCUT2D eigenvalue weighted by molar-refractivity contribution is 5.84. The molecule has 2 heterocycles. The molecule has 1 aliphatic rings. The van der Waals surface area contributed by atoms with Crippen LogP contribution in [0.1, 0.15) is 16.8 Å². The maximum absolute atomic E-state index is 13.0. The van der Waals surface area contributed by atoms with E-state index in [1.165, 1.54) is 23.4 Å². The number of alkyl halides is 2. The van der Waals surface area contributed by atoms with Crippen molar-refractivity contribution in [2.75, 3.05) is 18.0 Å². The van der Waals surface area contributed by atoms with Crippen LogP contribution in [0, 0.1) is 0 Å². The Morgan fingerprint density at radius 3 is 2.93 bits per heavy atom. The monoisotopic (exact) mass is 212 g/mol. The van der Waals surface area contributed by atoms with E-state index in [1.807, 2.05) is 0 Å². The molecule has 1 aromatic rings. The van der Waals surface area contributed by atoms with Gasteiger partial charge in [-0.15, -0.1) is 0 Å². The Kier molecular flexibility index (Phi) is 2.38. The van der Waals surface area contributed by atoms with Crippen molar-refractivity contribution in [1.29, 1.82) is 0 Å². The topological polar surface area (TPSA) is 33.2 Å². The molecule has 0 unspecified atom stereocenters. The van der Waals surface area contributed by atoms with Crippen molar-refractivity contribution >= 4 is 12.0 Å². The van der Waals surface area contributed by atoms with Gasteiger partial charge in [-0.2, -0.15) is 0 Å². The summed E-state index contributed by atoms with van der Waals surface area (Å²) in [6, 6.07) is 1.53. The van der Waals surface area contributed by atoms with Crippen molar-refractivity contribution in [3.05, 3.63) is 24.0 Å². The molecule has 5 heteroatoms. The van der Waals surface area contributed by atoms with Gasteiger partial charge < -0.3 is 4.90 Å². The molecule has 3 nitrogen and oxygen atoms in total. The molecule has 2 rings (SSSR count). The first kappa shape index (κ1) is 10.0. The number of carbonyl (C=O) groups excluding carboxylic acids is 1. The molecule has 1 saturated heterocycles. The van der Waals surface area contributed by atoms with E-state index in [1.54, 1.807) is 0 Å². The molecular weight excluding hydrogens is 202 g/mol. The summed E-state index contributed by atoms with van der Waals surface area (Å²) in [6.45, 7) is -0.0704. The van der Waals surface area contributed by atoms with E-state index in [9.17, 15) is 13.6 Å². The van der Waals surface area contributed by atoms with Crippen LogP contribution in [-0.4, -0.2) is 30.3 Å². The molecule has 1 aromatic heterocycles. The van der Waals surface area contributed by atoms with Gasteiger partial charge in [0, 0.05) is 24.7 Å². The molecule has 0 bridgehead atoms. The minimum atomic E-state index is -2.66. The third-order valence-corrected chi connectivity index (χ3v) is 2.47. The van der Waals surface area contributed by atoms with Crippen LogP contribution in [0.2, 0.25) is 0 Å². The van der Waals surface area contributed by atoms with E-state index in [0.29, 0.717) is 17.5 Å². The highest BCUT2D eigenvalue weighted by atomic mass is 19.3. The maximum Gasteiger partial charge on any atom is 0.266 e. The van der Waals surface area contributed by atoms with Crippen LogP contribution in [0.3, 0.4) is 0 Å². The zero-order valence-corrected chi connectivity index (χ0v) is 7.99. The van der Waals surface area contributed by atoms with E-state index in [-0.39, 0.29) is 19.5 Å². The lowest BCUT2D eigenvalue weighted by atomic mass is 10.2. The second-order valence-electron chi connectivity index (χ2n) is 3.58. The number of carbonyl (C=O) groups is 1. The Morgan fingerprint density at radius 2 is 2.33 bits per heavy atom. The molecule has 1 aliphatic heterocycles. The minimum Gasteiger partial charge on any atom is -0.363 e. The summed E-state index contributed by atoms with van der Waals surface area (Å²) in [5.74, 6) is -2.66. The predicted molar refractivity (Wildman–Crippen MR) is 51.4 cm³/mol. The molecule has 0 amide bonds. The van der Waals surface area contributed by atoms with Gasteiger partial charge in [0.05, 0.1) is 18.4 Å². The number of nitrogens with zero attached hydrogens (tertiary/aromatic N) is 2. The Bertz CT molecular complexity index is 381. The average molecular weight is 212 g/mol. The highest BCUT2D eigenvalue weighted by Crippen LogP contribution is 2.31. The van der Waals surface area contributed by atoms with Crippen molar-refractivity contribution in [3.63, 3.8) is 0 Å². The van der Waals surface area contributed by atoms with Crippen molar-refractivity contribution in [3.8, 4) is 0 Å². The number of pyridine rings is 1. The third-order valence-electron chi connectivity index (χ3n) is 2.47. The van der Waals surface area contributed by atoms with E-state index in [2.05, 4.69) is 4.98 Å². The van der Waals surface area contributed by atoms with Gasteiger partial charge in [0.1, 0.15) is 0 Å². The van der Waals surface area contributed by atoms with Gasteiger partial charge in [-0.3, -0.25) is 9.78 Å². The molecule has 1 fully saturated rings. The first-order valence-corrected chi connectivity index (χ1v) is 4.64. The zero-order chi connectivity index (χ0) is 10.9.